The second-order valence-corrected chi connectivity index (χ2v) is 5.25. The van der Waals surface area contributed by atoms with Gasteiger partial charge in [0.25, 0.3) is 0 Å². The van der Waals surface area contributed by atoms with Crippen molar-refractivity contribution in [3.8, 4) is 0 Å². The highest BCUT2D eigenvalue weighted by Gasteiger charge is 2.20. The number of rotatable bonds is 1. The Morgan fingerprint density at radius 2 is 1.75 bits per heavy atom. The number of pyridine rings is 1. The minimum atomic E-state index is 0.831. The molecule has 0 spiro atoms. The maximum absolute atomic E-state index is 5.86. The van der Waals surface area contributed by atoms with Crippen LogP contribution < -0.4 is 10.6 Å². The van der Waals surface area contributed by atoms with E-state index < -0.39 is 0 Å². The van der Waals surface area contributed by atoms with E-state index in [-0.39, 0.29) is 0 Å². The highest BCUT2D eigenvalue weighted by atomic mass is 15.2. The molecule has 0 fully saturated rings. The lowest BCUT2D eigenvalue weighted by atomic mass is 10.1. The van der Waals surface area contributed by atoms with E-state index in [0.29, 0.717) is 0 Å². The number of anilines is 2. The van der Waals surface area contributed by atoms with Crippen LogP contribution in [0.25, 0.3) is 10.9 Å². The number of hydrogen-bond acceptors (Lipinski definition) is 3. The fraction of sp³-hybridized carbons (Fsp3) is 0.118. The van der Waals surface area contributed by atoms with Crippen molar-refractivity contribution >= 4 is 22.4 Å². The molecule has 0 aliphatic carbocycles. The number of hydrogen-bond donors (Lipinski definition) is 1. The molecule has 1 aliphatic heterocycles. The fourth-order valence-corrected chi connectivity index (χ4v) is 2.81. The van der Waals surface area contributed by atoms with Gasteiger partial charge in [-0.25, -0.2) is 4.98 Å². The first kappa shape index (κ1) is 11.3. The van der Waals surface area contributed by atoms with E-state index in [1.54, 1.807) is 0 Å². The fourth-order valence-electron chi connectivity index (χ4n) is 2.81. The first-order valence-corrected chi connectivity index (χ1v) is 6.78. The summed E-state index contributed by atoms with van der Waals surface area (Å²) in [6, 6.07) is 18.6. The number of nitrogens with zero attached hydrogens (tertiary/aromatic N) is 2. The van der Waals surface area contributed by atoms with Crippen molar-refractivity contribution in [1.29, 1.82) is 0 Å². The van der Waals surface area contributed by atoms with Gasteiger partial charge in [-0.3, -0.25) is 0 Å². The summed E-state index contributed by atoms with van der Waals surface area (Å²) in [6.45, 7) is 1.78. The molecule has 0 radical (unpaired) electrons. The summed E-state index contributed by atoms with van der Waals surface area (Å²) in [7, 11) is 0. The molecule has 1 aliphatic rings. The molecule has 3 nitrogen and oxygen atoms in total. The molecule has 4 rings (SSSR count). The molecule has 20 heavy (non-hydrogen) atoms. The molecule has 3 heteroatoms. The summed E-state index contributed by atoms with van der Waals surface area (Å²) in [4.78, 5) is 7.05. The quantitative estimate of drug-likeness (QED) is 0.683. The molecule has 2 N–H and O–H groups in total. The molecule has 1 aromatic heterocycles. The van der Waals surface area contributed by atoms with Gasteiger partial charge in [0.15, 0.2) is 0 Å². The van der Waals surface area contributed by atoms with Crippen LogP contribution in [0.5, 0.6) is 0 Å². The minimum absolute atomic E-state index is 0.831. The molecule has 0 atom stereocenters. The van der Waals surface area contributed by atoms with Crippen molar-refractivity contribution in [3.63, 3.8) is 0 Å². The van der Waals surface area contributed by atoms with Gasteiger partial charge >= 0.3 is 0 Å². The second kappa shape index (κ2) is 4.23. The third kappa shape index (κ3) is 1.79. The van der Waals surface area contributed by atoms with Crippen LogP contribution >= 0.6 is 0 Å². The van der Waals surface area contributed by atoms with Gasteiger partial charge in [0, 0.05) is 24.2 Å². The van der Waals surface area contributed by atoms with Crippen LogP contribution in [0, 0.1) is 0 Å². The summed E-state index contributed by atoms with van der Waals surface area (Å²) in [5, 5.41) is 1.18. The molecule has 0 unspecified atom stereocenters. The first-order chi connectivity index (χ1) is 9.79. The minimum Gasteiger partial charge on any atom is -0.399 e. The first-order valence-electron chi connectivity index (χ1n) is 6.78. The highest BCUT2D eigenvalue weighted by Crippen LogP contribution is 2.29. The van der Waals surface area contributed by atoms with Crippen LogP contribution in [0.15, 0.2) is 54.6 Å². The van der Waals surface area contributed by atoms with E-state index >= 15 is 0 Å². The number of fused-ring (bicyclic) bond motifs is 2. The summed E-state index contributed by atoms with van der Waals surface area (Å²) >= 11 is 0. The SMILES string of the molecule is Nc1ccc2c(c1)CN(c1ccc3ccccc3n1)C2. The summed E-state index contributed by atoms with van der Waals surface area (Å²) in [6.07, 6.45) is 0. The Labute approximate surface area is 117 Å². The maximum atomic E-state index is 5.86. The molecule has 98 valence electrons. The lowest BCUT2D eigenvalue weighted by molar-refractivity contribution is 0.861. The van der Waals surface area contributed by atoms with Crippen LogP contribution in [-0.4, -0.2) is 4.98 Å². The molecule has 2 aromatic carbocycles. The van der Waals surface area contributed by atoms with Crippen molar-refractivity contribution in [3.05, 3.63) is 65.7 Å². The zero-order chi connectivity index (χ0) is 13.5. The van der Waals surface area contributed by atoms with Gasteiger partial charge < -0.3 is 10.6 Å². The Morgan fingerprint density at radius 3 is 2.70 bits per heavy atom. The van der Waals surface area contributed by atoms with E-state index in [1.165, 1.54) is 16.5 Å². The average Bonchev–Trinajstić information content (AvgIpc) is 2.89. The lowest BCUT2D eigenvalue weighted by Crippen LogP contribution is -2.15. The normalized spacial score (nSPS) is 13.7. The van der Waals surface area contributed by atoms with Crippen molar-refractivity contribution < 1.29 is 0 Å². The van der Waals surface area contributed by atoms with Crippen molar-refractivity contribution in [2.45, 2.75) is 13.1 Å². The Hall–Kier alpha value is -2.55. The van der Waals surface area contributed by atoms with E-state index in [4.69, 9.17) is 10.7 Å². The number of aromatic nitrogens is 1. The molecular weight excluding hydrogens is 246 g/mol. The monoisotopic (exact) mass is 261 g/mol. The highest BCUT2D eigenvalue weighted by molar-refractivity contribution is 5.80. The smallest absolute Gasteiger partial charge is 0.129 e. The molecule has 3 aromatic rings. The number of para-hydroxylation sites is 1. The van der Waals surface area contributed by atoms with Crippen LogP contribution in [0.1, 0.15) is 11.1 Å². The van der Waals surface area contributed by atoms with Gasteiger partial charge in [0.1, 0.15) is 5.82 Å². The Morgan fingerprint density at radius 1 is 0.900 bits per heavy atom. The zero-order valence-electron chi connectivity index (χ0n) is 11.1. The van der Waals surface area contributed by atoms with Crippen LogP contribution in [-0.2, 0) is 13.1 Å². The van der Waals surface area contributed by atoms with Gasteiger partial charge in [-0.2, -0.15) is 0 Å². The lowest BCUT2D eigenvalue weighted by Gasteiger charge is -2.16. The van der Waals surface area contributed by atoms with Crippen LogP contribution in [0.3, 0.4) is 0 Å². The Bertz CT molecular complexity index is 795. The van der Waals surface area contributed by atoms with Crippen molar-refractivity contribution in [1.82, 2.24) is 4.98 Å². The van der Waals surface area contributed by atoms with E-state index in [9.17, 15) is 0 Å². The standard InChI is InChI=1S/C17H15N3/c18-15-7-5-13-10-20(11-14(13)9-15)17-8-6-12-3-1-2-4-16(12)19-17/h1-9H,10-11,18H2. The predicted molar refractivity (Wildman–Crippen MR) is 82.5 cm³/mol. The molecule has 0 saturated heterocycles. The van der Waals surface area contributed by atoms with E-state index in [0.717, 1.165) is 30.1 Å². The summed E-state index contributed by atoms with van der Waals surface area (Å²) in [5.41, 5.74) is 10.4. The van der Waals surface area contributed by atoms with Crippen LogP contribution in [0.2, 0.25) is 0 Å². The zero-order valence-corrected chi connectivity index (χ0v) is 11.1. The third-order valence-electron chi connectivity index (χ3n) is 3.86. The molecule has 0 bridgehead atoms. The van der Waals surface area contributed by atoms with Gasteiger partial charge in [-0.15, -0.1) is 0 Å². The Balaban J connectivity index is 1.71. The van der Waals surface area contributed by atoms with Gasteiger partial charge in [0.05, 0.1) is 5.52 Å². The largest absolute Gasteiger partial charge is 0.399 e. The van der Waals surface area contributed by atoms with Crippen LogP contribution in [0.4, 0.5) is 11.5 Å². The average molecular weight is 261 g/mol. The van der Waals surface area contributed by atoms with E-state index in [1.807, 2.05) is 18.2 Å². The van der Waals surface area contributed by atoms with Gasteiger partial charge in [-0.05, 0) is 41.5 Å². The number of benzene rings is 2. The topological polar surface area (TPSA) is 42.1 Å². The van der Waals surface area contributed by atoms with E-state index in [2.05, 4.69) is 41.3 Å². The predicted octanol–water partition coefficient (Wildman–Crippen LogP) is 3.34. The number of nitrogens with two attached hydrogens (primary N) is 1. The molecular formula is C17H15N3. The number of nitrogen functional groups attached to an aromatic ring is 1. The second-order valence-electron chi connectivity index (χ2n) is 5.25. The van der Waals surface area contributed by atoms with Crippen molar-refractivity contribution in [2.75, 3.05) is 10.6 Å². The molecule has 0 saturated carbocycles. The third-order valence-corrected chi connectivity index (χ3v) is 3.86. The maximum Gasteiger partial charge on any atom is 0.129 e. The summed E-state index contributed by atoms with van der Waals surface area (Å²) in [5.74, 6) is 1.03. The van der Waals surface area contributed by atoms with Crippen molar-refractivity contribution in [2.24, 2.45) is 0 Å². The molecule has 0 amide bonds. The Kier molecular flexibility index (Phi) is 2.39. The summed E-state index contributed by atoms with van der Waals surface area (Å²) < 4.78 is 0. The van der Waals surface area contributed by atoms with Gasteiger partial charge in [0.2, 0.25) is 0 Å². The van der Waals surface area contributed by atoms with Gasteiger partial charge in [-0.1, -0.05) is 24.3 Å². The molecule has 2 heterocycles.